The van der Waals surface area contributed by atoms with Gasteiger partial charge in [-0.25, -0.2) is 0 Å². The molecular weight excluding hydrogens is 429 g/mol. The van der Waals surface area contributed by atoms with E-state index in [9.17, 15) is 0 Å². The minimum absolute atomic E-state index is 0.0227. The Labute approximate surface area is 181 Å². The highest BCUT2D eigenvalue weighted by molar-refractivity contribution is 6.33. The molecule has 29 heavy (non-hydrogen) atoms. The Morgan fingerprint density at radius 3 is 1.72 bits per heavy atom. The molecule has 0 radical (unpaired) electrons. The van der Waals surface area contributed by atoms with Crippen LogP contribution in [0.25, 0.3) is 21.8 Å². The molecule has 2 aromatic heterocycles. The third kappa shape index (κ3) is 4.59. The van der Waals surface area contributed by atoms with E-state index in [4.69, 9.17) is 34.8 Å². The average Bonchev–Trinajstić information content (AvgIpc) is 3.08. The minimum Gasteiger partial charge on any atom is -0.355 e. The summed E-state index contributed by atoms with van der Waals surface area (Å²) in [5.41, 5.74) is 3.09. The fourth-order valence-corrected chi connectivity index (χ4v) is 3.41. The second kappa shape index (κ2) is 8.66. The Balaban J connectivity index is 0.000000144. The summed E-state index contributed by atoms with van der Waals surface area (Å²) in [7, 11) is 0. The third-order valence-corrected chi connectivity index (χ3v) is 4.78. The van der Waals surface area contributed by atoms with Gasteiger partial charge in [0, 0.05) is 21.8 Å². The van der Waals surface area contributed by atoms with Gasteiger partial charge >= 0.3 is 0 Å². The van der Waals surface area contributed by atoms with Crippen LogP contribution in [-0.2, 0) is 0 Å². The average molecular weight is 443 g/mol. The molecule has 0 spiro atoms. The predicted octanol–water partition coefficient (Wildman–Crippen LogP) is 6.90. The number of rotatable bonds is 2. The van der Waals surface area contributed by atoms with Crippen molar-refractivity contribution < 1.29 is 0 Å². The van der Waals surface area contributed by atoms with Crippen molar-refractivity contribution in [2.45, 2.75) is 0 Å². The molecule has 5 nitrogen and oxygen atoms in total. The molecular formula is C21H14Cl3N5. The normalized spacial score (nSPS) is 10.6. The molecule has 5 rings (SSSR count). The Bertz CT molecular complexity index is 1220. The van der Waals surface area contributed by atoms with Gasteiger partial charge in [0.25, 0.3) is 0 Å². The van der Waals surface area contributed by atoms with Crippen LogP contribution in [0.2, 0.25) is 15.6 Å². The molecule has 144 valence electrons. The number of anilines is 2. The lowest BCUT2D eigenvalue weighted by Gasteiger charge is -2.06. The summed E-state index contributed by atoms with van der Waals surface area (Å²) >= 11 is 17.2. The first kappa shape index (κ1) is 19.5. The van der Waals surface area contributed by atoms with Gasteiger partial charge in [0.2, 0.25) is 16.5 Å². The van der Waals surface area contributed by atoms with E-state index in [-0.39, 0.29) is 16.5 Å². The van der Waals surface area contributed by atoms with Gasteiger partial charge in [0.15, 0.2) is 0 Å². The van der Waals surface area contributed by atoms with Crippen LogP contribution in [0.1, 0.15) is 0 Å². The van der Waals surface area contributed by atoms with Crippen molar-refractivity contribution in [3.8, 4) is 0 Å². The fraction of sp³-hybridized carbons (Fsp3) is 0. The number of aromatic amines is 1. The van der Waals surface area contributed by atoms with E-state index in [0.717, 1.165) is 0 Å². The van der Waals surface area contributed by atoms with Crippen molar-refractivity contribution in [1.82, 2.24) is 19.9 Å². The van der Waals surface area contributed by atoms with E-state index in [1.54, 1.807) is 12.1 Å². The van der Waals surface area contributed by atoms with Crippen LogP contribution in [0.5, 0.6) is 0 Å². The van der Waals surface area contributed by atoms with Crippen LogP contribution in [0.3, 0.4) is 0 Å². The van der Waals surface area contributed by atoms with Gasteiger partial charge in [-0.3, -0.25) is 0 Å². The van der Waals surface area contributed by atoms with Crippen molar-refractivity contribution in [2.24, 2.45) is 0 Å². The lowest BCUT2D eigenvalue weighted by Crippen LogP contribution is -1.99. The topological polar surface area (TPSA) is 66.5 Å². The number of benzene rings is 3. The molecule has 2 heterocycles. The first-order chi connectivity index (χ1) is 14.1. The second-order valence-corrected chi connectivity index (χ2v) is 7.10. The summed E-state index contributed by atoms with van der Waals surface area (Å²) in [6, 6.07) is 23.9. The number of nitrogens with zero attached hydrogens (tertiary/aromatic N) is 3. The van der Waals surface area contributed by atoms with Crippen LogP contribution >= 0.6 is 34.8 Å². The van der Waals surface area contributed by atoms with Crippen molar-refractivity contribution in [2.75, 3.05) is 5.32 Å². The molecule has 8 heteroatoms. The van der Waals surface area contributed by atoms with Crippen molar-refractivity contribution in [3.05, 3.63) is 88.4 Å². The predicted molar refractivity (Wildman–Crippen MR) is 120 cm³/mol. The zero-order valence-corrected chi connectivity index (χ0v) is 17.2. The Morgan fingerprint density at radius 1 is 0.621 bits per heavy atom. The van der Waals surface area contributed by atoms with Gasteiger partial charge in [-0.1, -0.05) is 60.1 Å². The van der Waals surface area contributed by atoms with E-state index >= 15 is 0 Å². The van der Waals surface area contributed by atoms with Crippen LogP contribution < -0.4 is 5.32 Å². The molecule has 0 bridgehead atoms. The smallest absolute Gasteiger partial charge is 0.232 e. The number of aromatic nitrogens is 4. The number of nitrogens with one attached hydrogen (secondary N) is 2. The van der Waals surface area contributed by atoms with Gasteiger partial charge in [-0.2, -0.15) is 15.0 Å². The number of H-pyrrole nitrogens is 1. The Morgan fingerprint density at radius 2 is 1.14 bits per heavy atom. The number of hydrogen-bond acceptors (Lipinski definition) is 4. The maximum atomic E-state index is 5.95. The first-order valence-electron chi connectivity index (χ1n) is 8.64. The van der Waals surface area contributed by atoms with Gasteiger partial charge < -0.3 is 10.3 Å². The minimum atomic E-state index is 0.0227. The molecule has 0 saturated heterocycles. The lowest BCUT2D eigenvalue weighted by molar-refractivity contribution is 1.05. The largest absolute Gasteiger partial charge is 0.355 e. The first-order valence-corrected chi connectivity index (χ1v) is 9.77. The zero-order chi connectivity index (χ0) is 20.2. The van der Waals surface area contributed by atoms with Crippen LogP contribution in [0.15, 0.2) is 72.8 Å². The number of para-hydroxylation sites is 3. The van der Waals surface area contributed by atoms with Gasteiger partial charge in [0.1, 0.15) is 0 Å². The molecule has 5 aromatic rings. The van der Waals surface area contributed by atoms with E-state index in [0.29, 0.717) is 10.7 Å². The zero-order valence-electron chi connectivity index (χ0n) is 14.9. The molecule has 0 saturated carbocycles. The van der Waals surface area contributed by atoms with E-state index in [1.165, 1.54) is 21.8 Å². The maximum absolute atomic E-state index is 5.95. The quantitative estimate of drug-likeness (QED) is 0.312. The van der Waals surface area contributed by atoms with E-state index in [1.807, 2.05) is 12.1 Å². The Hall–Kier alpha value is -2.86. The van der Waals surface area contributed by atoms with Gasteiger partial charge in [-0.05, 0) is 47.5 Å². The van der Waals surface area contributed by atoms with Crippen LogP contribution in [0.4, 0.5) is 11.6 Å². The fourth-order valence-electron chi connectivity index (χ4n) is 2.86. The summed E-state index contributed by atoms with van der Waals surface area (Å²) in [4.78, 5) is 14.7. The number of hydrogen-bond donors (Lipinski definition) is 2. The molecule has 0 aliphatic carbocycles. The van der Waals surface area contributed by atoms with Crippen molar-refractivity contribution >= 4 is 68.2 Å². The molecule has 2 N–H and O–H groups in total. The van der Waals surface area contributed by atoms with Crippen LogP contribution in [-0.4, -0.2) is 19.9 Å². The number of fused-ring (bicyclic) bond motifs is 3. The Kier molecular flexibility index (Phi) is 5.81. The molecule has 0 atom stereocenters. The molecule has 0 amide bonds. The SMILES string of the molecule is Clc1nc(Cl)nc(Nc2ccccc2Cl)n1.c1ccc2c(c1)[nH]c1ccccc12. The molecule has 0 fully saturated rings. The summed E-state index contributed by atoms with van der Waals surface area (Å²) in [6.45, 7) is 0. The standard InChI is InChI=1S/C12H9N.C9H5Cl3N4/c1-3-7-11-9(5-1)10-6-2-4-8-12(10)13-11;10-5-3-1-2-4-6(5)13-9-15-7(11)14-8(12)16-9/h1-8,13H;1-4H,(H,13,14,15,16). The highest BCUT2D eigenvalue weighted by atomic mass is 35.5. The van der Waals surface area contributed by atoms with Gasteiger partial charge in [-0.15, -0.1) is 0 Å². The van der Waals surface area contributed by atoms with Crippen molar-refractivity contribution in [1.29, 1.82) is 0 Å². The van der Waals surface area contributed by atoms with Gasteiger partial charge in [0.05, 0.1) is 10.7 Å². The molecule has 3 aromatic carbocycles. The maximum Gasteiger partial charge on any atom is 0.232 e. The molecule has 0 aliphatic heterocycles. The van der Waals surface area contributed by atoms with Crippen molar-refractivity contribution in [3.63, 3.8) is 0 Å². The van der Waals surface area contributed by atoms with E-state index in [2.05, 4.69) is 73.8 Å². The summed E-state index contributed by atoms with van der Waals surface area (Å²) in [5.74, 6) is 0.248. The van der Waals surface area contributed by atoms with E-state index < -0.39 is 0 Å². The summed E-state index contributed by atoms with van der Waals surface area (Å²) in [5, 5.41) is 6.09. The monoisotopic (exact) mass is 441 g/mol. The summed E-state index contributed by atoms with van der Waals surface area (Å²) < 4.78 is 0. The number of halogens is 3. The van der Waals surface area contributed by atoms with Crippen LogP contribution in [0, 0.1) is 0 Å². The third-order valence-electron chi connectivity index (χ3n) is 4.11. The molecule has 0 unspecified atom stereocenters. The molecule has 0 aliphatic rings. The highest BCUT2D eigenvalue weighted by Gasteiger charge is 2.05. The highest BCUT2D eigenvalue weighted by Crippen LogP contribution is 2.25. The second-order valence-electron chi connectivity index (χ2n) is 6.02. The lowest BCUT2D eigenvalue weighted by atomic mass is 10.2. The summed E-state index contributed by atoms with van der Waals surface area (Å²) in [6.07, 6.45) is 0.